The van der Waals surface area contributed by atoms with Crippen LogP contribution < -0.4 is 0 Å². The third-order valence-electron chi connectivity index (χ3n) is 1.43. The minimum atomic E-state index is 0.633. The molecular formula is C9H11ClCuN3S2. The summed E-state index contributed by atoms with van der Waals surface area (Å²) in [4.78, 5) is 4.25. The van der Waals surface area contributed by atoms with Crippen LogP contribution in [0.15, 0.2) is 23.3 Å². The summed E-state index contributed by atoms with van der Waals surface area (Å²) >= 11 is 9.18. The predicted octanol–water partition coefficient (Wildman–Crippen LogP) is 2.51. The Kier molecular flexibility index (Phi) is 9.97. The fraction of sp³-hybridized carbons (Fsp3) is 0.222. The Morgan fingerprint density at radius 3 is 2.88 bits per heavy atom. The first-order chi connectivity index (χ1) is 7.72. The van der Waals surface area contributed by atoms with E-state index in [1.807, 2.05) is 31.4 Å². The van der Waals surface area contributed by atoms with Gasteiger partial charge in [0.1, 0.15) is 0 Å². The number of rotatable bonds is 2. The van der Waals surface area contributed by atoms with Crippen molar-refractivity contribution < 1.29 is 15.1 Å². The molecule has 0 atom stereocenters. The van der Waals surface area contributed by atoms with Gasteiger partial charge in [-0.05, 0) is 25.3 Å². The van der Waals surface area contributed by atoms with Crippen molar-refractivity contribution in [2.24, 2.45) is 5.10 Å². The van der Waals surface area contributed by atoms with E-state index in [0.29, 0.717) is 4.32 Å². The van der Waals surface area contributed by atoms with E-state index < -0.39 is 0 Å². The van der Waals surface area contributed by atoms with Crippen molar-refractivity contribution in [1.29, 1.82) is 0 Å². The summed E-state index contributed by atoms with van der Waals surface area (Å²) in [6.07, 6.45) is 3.51. The summed E-state index contributed by atoms with van der Waals surface area (Å²) in [5, 5.41) is 3.86. The molecule has 0 aliphatic heterocycles. The Bertz CT molecular complexity index is 360. The maximum absolute atomic E-state index is 4.25. The summed E-state index contributed by atoms with van der Waals surface area (Å²) < 4.78 is 0.633. The molecule has 7 heteroatoms. The number of aromatic nitrogens is 1. The molecule has 0 fully saturated rings. The number of hydrogen-bond acceptors (Lipinski definition) is 3. The van der Waals surface area contributed by atoms with Crippen LogP contribution >= 0.6 is 21.9 Å². The van der Waals surface area contributed by atoms with Gasteiger partial charge in [-0.3, -0.25) is 4.98 Å². The standard InChI is InChI=1S/C9H11N3S2.ClH.Cu/c1-7-4-3-5-8(11-7)6-10-12-9(13)14-2;;/h3-6H,1-2H3,(H,11,12,13);1H;/q;;+1/p-1. The summed E-state index contributed by atoms with van der Waals surface area (Å²) in [7, 11) is 4.20. The zero-order valence-electron chi connectivity index (χ0n) is 8.69. The van der Waals surface area contributed by atoms with Crippen LogP contribution in [-0.4, -0.2) is 21.8 Å². The van der Waals surface area contributed by atoms with Crippen molar-refractivity contribution in [3.05, 3.63) is 35.0 Å². The Hall–Kier alpha value is -0.131. The van der Waals surface area contributed by atoms with E-state index in [1.165, 1.54) is 11.8 Å². The zero-order valence-corrected chi connectivity index (χ0v) is 12.1. The molecular weight excluding hydrogens is 313 g/mol. The predicted molar refractivity (Wildman–Crippen MR) is 73.1 cm³/mol. The van der Waals surface area contributed by atoms with Crippen molar-refractivity contribution in [2.75, 3.05) is 6.26 Å². The molecule has 0 bridgehead atoms. The summed E-state index contributed by atoms with van der Waals surface area (Å²) in [5.41, 5.74) is 5.61. The molecule has 16 heavy (non-hydrogen) atoms. The third kappa shape index (κ3) is 7.19. The maximum atomic E-state index is 4.25. The van der Waals surface area contributed by atoms with E-state index in [-0.39, 0.29) is 0 Å². The van der Waals surface area contributed by atoms with Crippen LogP contribution in [0.2, 0.25) is 0 Å². The molecule has 1 aromatic rings. The number of aryl methyl sites for hydroxylation is 1. The molecule has 0 spiro atoms. The second kappa shape index (κ2) is 10.1. The van der Waals surface area contributed by atoms with Crippen LogP contribution in [0.5, 0.6) is 0 Å². The molecule has 0 saturated carbocycles. The van der Waals surface area contributed by atoms with E-state index in [4.69, 9.17) is 0 Å². The molecule has 0 radical (unpaired) electrons. The van der Waals surface area contributed by atoms with Crippen molar-refractivity contribution in [3.63, 3.8) is 0 Å². The van der Waals surface area contributed by atoms with Crippen LogP contribution in [0.3, 0.4) is 0 Å². The molecule has 3 nitrogen and oxygen atoms in total. The van der Waals surface area contributed by atoms with Gasteiger partial charge in [0, 0.05) is 11.9 Å². The first kappa shape index (κ1) is 15.9. The minimum absolute atomic E-state index is 0.633. The molecule has 0 aromatic carbocycles. The van der Waals surface area contributed by atoms with Gasteiger partial charge < -0.3 is 10.5 Å². The molecule has 0 amide bonds. The average Bonchev–Trinajstić information content (AvgIpc) is 2.31. The normalized spacial score (nSPS) is 9.56. The molecule has 0 unspecified atom stereocenters. The second-order valence-electron chi connectivity index (χ2n) is 2.54. The van der Waals surface area contributed by atoms with Crippen LogP contribution in [0, 0.1) is 6.92 Å². The molecule has 92 valence electrons. The van der Waals surface area contributed by atoms with Crippen molar-refractivity contribution in [1.82, 2.24) is 4.98 Å². The van der Waals surface area contributed by atoms with E-state index in [1.54, 1.807) is 6.21 Å². The van der Waals surface area contributed by atoms with Crippen molar-refractivity contribution in [3.8, 4) is 0 Å². The summed E-state index contributed by atoms with van der Waals surface area (Å²) in [6.45, 7) is 1.94. The van der Waals surface area contributed by atoms with Gasteiger partial charge in [0.2, 0.25) is 0 Å². The van der Waals surface area contributed by atoms with Gasteiger partial charge >= 0.3 is 25.2 Å². The molecule has 1 rings (SSSR count). The first-order valence-electron chi connectivity index (χ1n) is 4.11. The van der Waals surface area contributed by atoms with Crippen LogP contribution in [0.4, 0.5) is 0 Å². The fourth-order valence-corrected chi connectivity index (χ4v) is 0.995. The van der Waals surface area contributed by atoms with E-state index in [2.05, 4.69) is 52.9 Å². The van der Waals surface area contributed by atoms with Gasteiger partial charge in [-0.2, -0.15) is 0 Å². The fourth-order valence-electron chi connectivity index (χ4n) is 0.814. The van der Waals surface area contributed by atoms with Crippen molar-refractivity contribution >= 4 is 44.6 Å². The SMILES string of the molecule is CSC(=[SH+])[N-]N=Cc1cccc(C)n1.[Cl][Cu]. The monoisotopic (exact) mass is 323 g/mol. The van der Waals surface area contributed by atoms with Gasteiger partial charge in [0.05, 0.1) is 5.69 Å². The van der Waals surface area contributed by atoms with Crippen LogP contribution in [0.1, 0.15) is 11.4 Å². The zero-order chi connectivity index (χ0) is 12.4. The van der Waals surface area contributed by atoms with E-state index in [0.717, 1.165) is 11.4 Å². The number of thiol groups is 1. The Balaban J connectivity index is 0.00000106. The van der Waals surface area contributed by atoms with E-state index >= 15 is 0 Å². The van der Waals surface area contributed by atoms with Gasteiger partial charge in [-0.25, -0.2) is 0 Å². The number of halogens is 1. The molecule has 0 aliphatic carbocycles. The quantitative estimate of drug-likeness (QED) is 0.209. The molecule has 0 aliphatic rings. The summed E-state index contributed by atoms with van der Waals surface area (Å²) in [5.74, 6) is 0. The molecule has 1 heterocycles. The van der Waals surface area contributed by atoms with Gasteiger partial charge in [-0.15, -0.1) is 0 Å². The second-order valence-corrected chi connectivity index (χ2v) is 4.06. The number of thioether (sulfide) groups is 1. The average molecular weight is 324 g/mol. The van der Waals surface area contributed by atoms with Crippen molar-refractivity contribution in [2.45, 2.75) is 6.92 Å². The molecule has 1 aromatic heterocycles. The van der Waals surface area contributed by atoms with Gasteiger partial charge in [0.25, 0.3) is 0 Å². The Morgan fingerprint density at radius 2 is 2.31 bits per heavy atom. The topological polar surface area (TPSA) is 39.4 Å². The number of hydrogen-bond donors (Lipinski definition) is 0. The van der Waals surface area contributed by atoms with Gasteiger partial charge in [-0.1, -0.05) is 17.8 Å². The molecule has 0 N–H and O–H groups in total. The first-order valence-corrected chi connectivity index (χ1v) is 7.08. The van der Waals surface area contributed by atoms with Gasteiger partial charge in [0.15, 0.2) is 16.5 Å². The Morgan fingerprint density at radius 1 is 1.62 bits per heavy atom. The van der Waals surface area contributed by atoms with Crippen LogP contribution in [0.25, 0.3) is 5.43 Å². The number of nitrogens with zero attached hydrogens (tertiary/aromatic N) is 3. The Labute approximate surface area is 117 Å². The number of pyridine rings is 1. The molecule has 0 saturated heterocycles. The third-order valence-corrected chi connectivity index (χ3v) is 2.51. The summed E-state index contributed by atoms with van der Waals surface area (Å²) in [6, 6.07) is 5.75. The van der Waals surface area contributed by atoms with E-state index in [9.17, 15) is 0 Å². The van der Waals surface area contributed by atoms with Crippen LogP contribution in [-0.2, 0) is 27.3 Å².